The van der Waals surface area contributed by atoms with E-state index in [4.69, 9.17) is 11.6 Å². The van der Waals surface area contributed by atoms with Crippen LogP contribution < -0.4 is 0 Å². The Morgan fingerprint density at radius 3 is 2.94 bits per heavy atom. The van der Waals surface area contributed by atoms with Crippen LogP contribution in [0.2, 0.25) is 5.02 Å². The number of carbonyl (C=O) groups is 1. The van der Waals surface area contributed by atoms with Gasteiger partial charge in [-0.3, -0.25) is 5.10 Å². The molecule has 2 rings (SSSR count). The summed E-state index contributed by atoms with van der Waals surface area (Å²) in [6.07, 6.45) is 1.30. The Kier molecular flexibility index (Phi) is 3.06. The van der Waals surface area contributed by atoms with Gasteiger partial charge in [-0.1, -0.05) is 11.6 Å². The quantitative estimate of drug-likeness (QED) is 0.834. The van der Waals surface area contributed by atoms with Crippen molar-refractivity contribution in [3.63, 3.8) is 0 Å². The number of aromatic nitrogens is 3. The number of H-pyrrole nitrogens is 1. The summed E-state index contributed by atoms with van der Waals surface area (Å²) in [7, 11) is 1.24. The average molecular weight is 256 g/mol. The fourth-order valence-corrected chi connectivity index (χ4v) is 1.41. The van der Waals surface area contributed by atoms with Crippen LogP contribution in [0.4, 0.5) is 4.39 Å². The molecule has 0 radical (unpaired) electrons. The minimum Gasteiger partial charge on any atom is -0.464 e. The van der Waals surface area contributed by atoms with E-state index >= 15 is 0 Å². The summed E-state index contributed by atoms with van der Waals surface area (Å²) in [5.74, 6) is -1.20. The third-order valence-electron chi connectivity index (χ3n) is 2.03. The van der Waals surface area contributed by atoms with E-state index < -0.39 is 11.8 Å². The maximum absolute atomic E-state index is 13.5. The van der Waals surface area contributed by atoms with Crippen molar-refractivity contribution in [3.05, 3.63) is 34.9 Å². The number of hydrogen-bond donors (Lipinski definition) is 1. The molecule has 0 aliphatic carbocycles. The lowest BCUT2D eigenvalue weighted by Crippen LogP contribution is -2.00. The Morgan fingerprint density at radius 2 is 2.29 bits per heavy atom. The third-order valence-corrected chi connectivity index (χ3v) is 2.24. The lowest BCUT2D eigenvalue weighted by atomic mass is 10.2. The lowest BCUT2D eigenvalue weighted by Gasteiger charge is -1.97. The van der Waals surface area contributed by atoms with Crippen LogP contribution in [0.15, 0.2) is 18.3 Å². The molecule has 0 fully saturated rings. The molecule has 5 nitrogen and oxygen atoms in total. The summed E-state index contributed by atoms with van der Waals surface area (Å²) in [4.78, 5) is 15.0. The van der Waals surface area contributed by atoms with Gasteiger partial charge in [-0.2, -0.15) is 5.10 Å². The van der Waals surface area contributed by atoms with Crippen LogP contribution in [0, 0.1) is 5.82 Å². The average Bonchev–Trinajstić information content (AvgIpc) is 2.77. The molecule has 0 saturated heterocycles. The minimum atomic E-state index is -0.611. The third kappa shape index (κ3) is 2.26. The highest BCUT2D eigenvalue weighted by atomic mass is 35.5. The van der Waals surface area contributed by atoms with Crippen LogP contribution in [0.1, 0.15) is 10.5 Å². The molecule has 7 heteroatoms. The second kappa shape index (κ2) is 4.50. The maximum atomic E-state index is 13.5. The van der Waals surface area contributed by atoms with Crippen molar-refractivity contribution in [3.8, 4) is 11.4 Å². The number of ether oxygens (including phenoxy) is 1. The van der Waals surface area contributed by atoms with Crippen molar-refractivity contribution in [2.45, 2.75) is 0 Å². The minimum absolute atomic E-state index is 0.0146. The van der Waals surface area contributed by atoms with Crippen LogP contribution in [0.25, 0.3) is 11.4 Å². The van der Waals surface area contributed by atoms with Gasteiger partial charge in [-0.25, -0.2) is 14.2 Å². The Balaban J connectivity index is 2.40. The number of nitrogens with one attached hydrogen (secondary N) is 1. The van der Waals surface area contributed by atoms with E-state index in [1.54, 1.807) is 0 Å². The molecule has 2 heterocycles. The van der Waals surface area contributed by atoms with Crippen LogP contribution in [-0.4, -0.2) is 28.3 Å². The Morgan fingerprint density at radius 1 is 1.53 bits per heavy atom. The first-order chi connectivity index (χ1) is 8.11. The van der Waals surface area contributed by atoms with Crippen LogP contribution in [0.5, 0.6) is 0 Å². The monoisotopic (exact) mass is 255 g/mol. The number of rotatable bonds is 2. The van der Waals surface area contributed by atoms with Crippen molar-refractivity contribution < 1.29 is 13.9 Å². The van der Waals surface area contributed by atoms with Gasteiger partial charge in [0, 0.05) is 12.3 Å². The van der Waals surface area contributed by atoms with Gasteiger partial charge in [0.2, 0.25) is 0 Å². The van der Waals surface area contributed by atoms with Gasteiger partial charge in [0.25, 0.3) is 0 Å². The highest BCUT2D eigenvalue weighted by molar-refractivity contribution is 6.30. The van der Waals surface area contributed by atoms with Crippen molar-refractivity contribution in [1.29, 1.82) is 0 Å². The van der Waals surface area contributed by atoms with E-state index in [9.17, 15) is 9.18 Å². The molecule has 2 aromatic heterocycles. The molecule has 0 aromatic carbocycles. The SMILES string of the molecule is COC(=O)c1cc(-c2ncc(Cl)cc2F)n[nH]1. The second-order valence-corrected chi connectivity index (χ2v) is 3.58. The number of methoxy groups -OCH3 is 1. The number of carbonyl (C=O) groups excluding carboxylic acids is 1. The molecular formula is C10H7ClFN3O2. The summed E-state index contributed by atoms with van der Waals surface area (Å²) in [6, 6.07) is 2.47. The van der Waals surface area contributed by atoms with Gasteiger partial charge in [0.05, 0.1) is 12.1 Å². The highest BCUT2D eigenvalue weighted by Crippen LogP contribution is 2.21. The van der Waals surface area contributed by atoms with E-state index in [2.05, 4.69) is 19.9 Å². The molecule has 0 unspecified atom stereocenters. The molecule has 0 saturated carbocycles. The predicted molar refractivity (Wildman–Crippen MR) is 58.1 cm³/mol. The van der Waals surface area contributed by atoms with Gasteiger partial charge < -0.3 is 4.74 Å². The second-order valence-electron chi connectivity index (χ2n) is 3.14. The van der Waals surface area contributed by atoms with E-state index in [1.165, 1.54) is 19.4 Å². The summed E-state index contributed by atoms with van der Waals surface area (Å²) < 4.78 is 18.0. The van der Waals surface area contributed by atoms with Gasteiger partial charge in [0.1, 0.15) is 17.1 Å². The first-order valence-corrected chi connectivity index (χ1v) is 4.94. The van der Waals surface area contributed by atoms with E-state index in [0.29, 0.717) is 0 Å². The van der Waals surface area contributed by atoms with E-state index in [1.807, 2.05) is 0 Å². The zero-order chi connectivity index (χ0) is 12.4. The number of nitrogens with zero attached hydrogens (tertiary/aromatic N) is 2. The molecule has 0 spiro atoms. The fraction of sp³-hybridized carbons (Fsp3) is 0.100. The van der Waals surface area contributed by atoms with Crippen molar-refractivity contribution in [1.82, 2.24) is 15.2 Å². The molecule has 0 aliphatic rings. The topological polar surface area (TPSA) is 67.9 Å². The summed E-state index contributed by atoms with van der Waals surface area (Å²) in [5.41, 5.74) is 0.346. The molecule has 0 atom stereocenters. The van der Waals surface area contributed by atoms with Gasteiger partial charge in [-0.05, 0) is 6.07 Å². The van der Waals surface area contributed by atoms with Crippen LogP contribution in [-0.2, 0) is 4.74 Å². The zero-order valence-electron chi connectivity index (χ0n) is 8.70. The zero-order valence-corrected chi connectivity index (χ0v) is 9.45. The van der Waals surface area contributed by atoms with Crippen LogP contribution in [0.3, 0.4) is 0 Å². The molecule has 0 bridgehead atoms. The molecule has 1 N–H and O–H groups in total. The first kappa shape index (κ1) is 11.5. The molecule has 17 heavy (non-hydrogen) atoms. The largest absolute Gasteiger partial charge is 0.464 e. The smallest absolute Gasteiger partial charge is 0.356 e. The molecule has 88 valence electrons. The lowest BCUT2D eigenvalue weighted by molar-refractivity contribution is 0.0594. The standard InChI is InChI=1S/C10H7ClFN3O2/c1-17-10(16)8-3-7(14-15-8)9-6(12)2-5(11)4-13-9/h2-4H,1H3,(H,14,15). The summed E-state index contributed by atoms with van der Waals surface area (Å²) in [5, 5.41) is 6.40. The number of halogens is 2. The Bertz CT molecular complexity index is 570. The van der Waals surface area contributed by atoms with Gasteiger partial charge in [0.15, 0.2) is 5.82 Å². The molecular weight excluding hydrogens is 249 g/mol. The number of esters is 1. The van der Waals surface area contributed by atoms with Crippen LogP contribution >= 0.6 is 11.6 Å². The fourth-order valence-electron chi connectivity index (χ4n) is 1.26. The Hall–Kier alpha value is -1.95. The molecule has 2 aromatic rings. The van der Waals surface area contributed by atoms with E-state index in [-0.39, 0.29) is 22.1 Å². The first-order valence-electron chi connectivity index (χ1n) is 4.57. The summed E-state index contributed by atoms with van der Waals surface area (Å²) in [6.45, 7) is 0. The number of aromatic amines is 1. The van der Waals surface area contributed by atoms with Gasteiger partial charge >= 0.3 is 5.97 Å². The van der Waals surface area contributed by atoms with Crippen molar-refractivity contribution >= 4 is 17.6 Å². The van der Waals surface area contributed by atoms with Crippen molar-refractivity contribution in [2.75, 3.05) is 7.11 Å². The van der Waals surface area contributed by atoms with Crippen molar-refractivity contribution in [2.24, 2.45) is 0 Å². The number of hydrogen-bond acceptors (Lipinski definition) is 4. The predicted octanol–water partition coefficient (Wildman–Crippen LogP) is 2.05. The molecule has 0 aliphatic heterocycles. The number of pyridine rings is 1. The van der Waals surface area contributed by atoms with E-state index in [0.717, 1.165) is 6.07 Å². The Labute approximate surface area is 101 Å². The maximum Gasteiger partial charge on any atom is 0.356 e. The summed E-state index contributed by atoms with van der Waals surface area (Å²) >= 11 is 5.58. The normalized spacial score (nSPS) is 10.3. The molecule has 0 amide bonds. The van der Waals surface area contributed by atoms with Gasteiger partial charge in [-0.15, -0.1) is 0 Å². The highest BCUT2D eigenvalue weighted by Gasteiger charge is 2.14.